The fraction of sp³-hybridized carbons (Fsp3) is 0.400. The summed E-state index contributed by atoms with van der Waals surface area (Å²) in [5.41, 5.74) is 5.63. The monoisotopic (exact) mass is 265 g/mol. The van der Waals surface area contributed by atoms with Gasteiger partial charge < -0.3 is 21.1 Å². The molecule has 0 fully saturated rings. The molecule has 2 unspecified atom stereocenters. The maximum atomic E-state index is 9.77. The van der Waals surface area contributed by atoms with Crippen LogP contribution in [-0.2, 0) is 0 Å². The Morgan fingerprint density at radius 3 is 2.50 bits per heavy atom. The molecule has 0 aliphatic carbocycles. The second-order valence-corrected chi connectivity index (χ2v) is 4.24. The number of phenolic OH excluding ortho intramolecular Hbond substituents is 1. The molecule has 2 atom stereocenters. The summed E-state index contributed by atoms with van der Waals surface area (Å²) in [6, 6.07) is 2.72. The third-order valence-electron chi connectivity index (χ3n) is 2.22. The first kappa shape index (κ1) is 13.4. The van der Waals surface area contributed by atoms with Crippen LogP contribution < -0.4 is 5.73 Å². The maximum Gasteiger partial charge on any atom is 0.144 e. The molecule has 0 bridgehead atoms. The van der Waals surface area contributed by atoms with Crippen molar-refractivity contribution in [3.05, 3.63) is 22.7 Å². The smallest absolute Gasteiger partial charge is 0.144 e. The SMILES string of the molecule is Nc1cc(Cl)cc(C(O)C(O)CCCl)c1O. The van der Waals surface area contributed by atoms with Gasteiger partial charge in [0.25, 0.3) is 0 Å². The van der Waals surface area contributed by atoms with Crippen LogP contribution >= 0.6 is 23.2 Å². The molecule has 0 saturated heterocycles. The zero-order valence-corrected chi connectivity index (χ0v) is 9.91. The first-order chi connectivity index (χ1) is 7.47. The molecule has 0 aliphatic heterocycles. The Morgan fingerprint density at radius 1 is 1.31 bits per heavy atom. The molecule has 16 heavy (non-hydrogen) atoms. The maximum absolute atomic E-state index is 9.77. The third kappa shape index (κ3) is 2.92. The van der Waals surface area contributed by atoms with E-state index in [1.54, 1.807) is 0 Å². The van der Waals surface area contributed by atoms with Crippen LogP contribution in [0.2, 0.25) is 5.02 Å². The minimum Gasteiger partial charge on any atom is -0.505 e. The van der Waals surface area contributed by atoms with Crippen LogP contribution in [0.15, 0.2) is 12.1 Å². The first-order valence-corrected chi connectivity index (χ1v) is 5.58. The van der Waals surface area contributed by atoms with Crippen molar-refractivity contribution in [3.8, 4) is 5.75 Å². The number of phenols is 1. The van der Waals surface area contributed by atoms with E-state index in [9.17, 15) is 15.3 Å². The number of anilines is 1. The zero-order valence-electron chi connectivity index (χ0n) is 8.40. The molecule has 0 radical (unpaired) electrons. The highest BCUT2D eigenvalue weighted by Crippen LogP contribution is 2.35. The van der Waals surface area contributed by atoms with E-state index in [1.807, 2.05) is 0 Å². The van der Waals surface area contributed by atoms with Gasteiger partial charge in [0.15, 0.2) is 0 Å². The lowest BCUT2D eigenvalue weighted by Crippen LogP contribution is -2.19. The molecule has 1 aromatic carbocycles. The van der Waals surface area contributed by atoms with Gasteiger partial charge in [0.1, 0.15) is 11.9 Å². The minimum atomic E-state index is -1.26. The van der Waals surface area contributed by atoms with E-state index in [1.165, 1.54) is 12.1 Å². The normalized spacial score (nSPS) is 14.8. The summed E-state index contributed by atoms with van der Waals surface area (Å²) >= 11 is 11.2. The van der Waals surface area contributed by atoms with Crippen LogP contribution in [0.25, 0.3) is 0 Å². The highest BCUT2D eigenvalue weighted by molar-refractivity contribution is 6.31. The van der Waals surface area contributed by atoms with Crippen LogP contribution in [0.1, 0.15) is 18.1 Å². The van der Waals surface area contributed by atoms with Gasteiger partial charge in [0.2, 0.25) is 0 Å². The Labute approximate surface area is 103 Å². The van der Waals surface area contributed by atoms with Crippen molar-refractivity contribution >= 4 is 28.9 Å². The number of hydrogen-bond acceptors (Lipinski definition) is 4. The Balaban J connectivity index is 3.03. The highest BCUT2D eigenvalue weighted by Gasteiger charge is 2.22. The van der Waals surface area contributed by atoms with Crippen molar-refractivity contribution < 1.29 is 15.3 Å². The van der Waals surface area contributed by atoms with Gasteiger partial charge in [0, 0.05) is 16.5 Å². The summed E-state index contributed by atoms with van der Waals surface area (Å²) in [5, 5.41) is 29.2. The van der Waals surface area contributed by atoms with Crippen molar-refractivity contribution in [2.45, 2.75) is 18.6 Å². The number of hydrogen-bond donors (Lipinski definition) is 4. The molecule has 0 aromatic heterocycles. The zero-order chi connectivity index (χ0) is 12.3. The fourth-order valence-electron chi connectivity index (χ4n) is 1.34. The molecule has 1 rings (SSSR count). The molecule has 6 heteroatoms. The molecule has 0 heterocycles. The van der Waals surface area contributed by atoms with Crippen molar-refractivity contribution in [2.24, 2.45) is 0 Å². The van der Waals surface area contributed by atoms with Gasteiger partial charge >= 0.3 is 0 Å². The number of halogens is 2. The van der Waals surface area contributed by atoms with E-state index in [0.717, 1.165) is 0 Å². The number of aliphatic hydroxyl groups is 2. The number of nitrogen functional groups attached to an aromatic ring is 1. The molecule has 5 N–H and O–H groups in total. The van der Waals surface area contributed by atoms with Crippen molar-refractivity contribution in [3.63, 3.8) is 0 Å². The summed E-state index contributed by atoms with van der Waals surface area (Å²) in [5.74, 6) is -0.0693. The number of aromatic hydroxyl groups is 1. The molecule has 0 aliphatic rings. The van der Waals surface area contributed by atoms with Gasteiger partial charge in [-0.25, -0.2) is 0 Å². The second kappa shape index (κ2) is 5.59. The van der Waals surface area contributed by atoms with Crippen molar-refractivity contribution in [1.29, 1.82) is 0 Å². The average Bonchev–Trinajstić information content (AvgIpc) is 2.22. The predicted molar refractivity (Wildman–Crippen MR) is 63.8 cm³/mol. The molecule has 4 nitrogen and oxygen atoms in total. The minimum absolute atomic E-state index is 0.0552. The third-order valence-corrected chi connectivity index (χ3v) is 2.66. The Morgan fingerprint density at radius 2 is 1.94 bits per heavy atom. The quantitative estimate of drug-likeness (QED) is 0.379. The van der Waals surface area contributed by atoms with E-state index >= 15 is 0 Å². The summed E-state index contributed by atoms with van der Waals surface area (Å²) in [6.07, 6.45) is -2.13. The number of aliphatic hydroxyl groups excluding tert-OH is 2. The lowest BCUT2D eigenvalue weighted by molar-refractivity contribution is 0.0157. The number of alkyl halides is 1. The van der Waals surface area contributed by atoms with Crippen molar-refractivity contribution in [2.75, 3.05) is 11.6 Å². The van der Waals surface area contributed by atoms with Crippen LogP contribution in [0, 0.1) is 0 Å². The molecule has 0 saturated carbocycles. The van der Waals surface area contributed by atoms with E-state index < -0.39 is 12.2 Å². The van der Waals surface area contributed by atoms with E-state index in [0.29, 0.717) is 0 Å². The molecular formula is C10H13Cl2NO3. The van der Waals surface area contributed by atoms with Gasteiger partial charge in [-0.2, -0.15) is 0 Å². The summed E-state index contributed by atoms with van der Waals surface area (Å²) < 4.78 is 0. The standard InChI is InChI=1S/C10H13Cl2NO3/c11-2-1-8(14)10(16)6-3-5(12)4-7(13)9(6)15/h3-4,8,10,14-16H,1-2,13H2. The van der Waals surface area contributed by atoms with Gasteiger partial charge in [0.05, 0.1) is 11.8 Å². The Kier molecular flexibility index (Phi) is 4.68. The Bertz CT molecular complexity index is 373. The van der Waals surface area contributed by atoms with Crippen LogP contribution in [-0.4, -0.2) is 27.3 Å². The van der Waals surface area contributed by atoms with Crippen molar-refractivity contribution in [1.82, 2.24) is 0 Å². The largest absolute Gasteiger partial charge is 0.505 e. The van der Waals surface area contributed by atoms with E-state index in [4.69, 9.17) is 28.9 Å². The molecular weight excluding hydrogens is 253 g/mol. The predicted octanol–water partition coefficient (Wildman–Crippen LogP) is 1.65. The van der Waals surface area contributed by atoms with E-state index in [-0.39, 0.29) is 34.3 Å². The fourth-order valence-corrected chi connectivity index (χ4v) is 1.80. The average molecular weight is 266 g/mol. The highest BCUT2D eigenvalue weighted by atomic mass is 35.5. The first-order valence-electron chi connectivity index (χ1n) is 4.67. The lowest BCUT2D eigenvalue weighted by Gasteiger charge is -2.19. The summed E-state index contributed by atoms with van der Waals surface area (Å²) in [6.45, 7) is 0. The molecule has 0 spiro atoms. The molecule has 0 amide bonds. The van der Waals surface area contributed by atoms with Crippen LogP contribution in [0.4, 0.5) is 5.69 Å². The lowest BCUT2D eigenvalue weighted by atomic mass is 10.0. The van der Waals surface area contributed by atoms with Gasteiger partial charge in [-0.05, 0) is 18.6 Å². The second-order valence-electron chi connectivity index (χ2n) is 3.42. The summed E-state index contributed by atoms with van der Waals surface area (Å²) in [4.78, 5) is 0. The van der Waals surface area contributed by atoms with Crippen LogP contribution in [0.5, 0.6) is 5.75 Å². The number of nitrogens with two attached hydrogens (primary N) is 1. The van der Waals surface area contributed by atoms with Gasteiger partial charge in [-0.1, -0.05) is 11.6 Å². The van der Waals surface area contributed by atoms with Gasteiger partial charge in [-0.3, -0.25) is 0 Å². The van der Waals surface area contributed by atoms with Gasteiger partial charge in [-0.15, -0.1) is 11.6 Å². The number of rotatable bonds is 4. The van der Waals surface area contributed by atoms with Crippen LogP contribution in [0.3, 0.4) is 0 Å². The summed E-state index contributed by atoms with van der Waals surface area (Å²) in [7, 11) is 0. The Hall–Kier alpha value is -0.680. The topological polar surface area (TPSA) is 86.7 Å². The molecule has 1 aromatic rings. The number of benzene rings is 1. The molecule has 90 valence electrons. The van der Waals surface area contributed by atoms with E-state index in [2.05, 4.69) is 0 Å².